The fourth-order valence-electron chi connectivity index (χ4n) is 1.84. The topological polar surface area (TPSA) is 20.3 Å². The van der Waals surface area contributed by atoms with Gasteiger partial charge in [-0.3, -0.25) is 4.79 Å². The van der Waals surface area contributed by atoms with Crippen LogP contribution in [0.25, 0.3) is 10.1 Å². The number of fused-ring (bicyclic) bond motifs is 1. The van der Waals surface area contributed by atoms with Gasteiger partial charge in [0.05, 0.1) is 4.88 Å². The van der Waals surface area contributed by atoms with E-state index in [2.05, 4.69) is 11.0 Å². The second-order valence-corrected chi connectivity index (χ2v) is 5.63. The summed E-state index contributed by atoms with van der Waals surface area (Å²) >= 11 is 7.14. The number of benzene rings is 1. The fraction of sp³-hybridized carbons (Fsp3) is 0.308. The van der Waals surface area contributed by atoms with E-state index in [1.165, 1.54) is 11.3 Å². The summed E-state index contributed by atoms with van der Waals surface area (Å²) in [4.78, 5) is 14.2. The molecule has 1 aromatic heterocycles. The molecule has 2 aromatic rings. The molecule has 0 fully saturated rings. The van der Waals surface area contributed by atoms with Crippen LogP contribution in [0.5, 0.6) is 0 Å². The molecule has 0 radical (unpaired) electrons. The average Bonchev–Trinajstić information content (AvgIpc) is 2.65. The van der Waals surface area contributed by atoms with Crippen LogP contribution in [0.4, 0.5) is 0 Å². The standard InChI is InChI=1S/C13H14ClNOS/c1-15(2)8-7-10-9-5-3-4-6-11(9)17-12(10)13(14)16/h3-6H,7-8H2,1-2H3. The maximum atomic E-state index is 11.4. The molecule has 2 rings (SSSR count). The van der Waals surface area contributed by atoms with E-state index in [1.54, 1.807) is 0 Å². The van der Waals surface area contributed by atoms with E-state index in [0.717, 1.165) is 28.6 Å². The Morgan fingerprint density at radius 2 is 2.06 bits per heavy atom. The number of likely N-dealkylation sites (N-methyl/N-ethyl adjacent to an activating group) is 1. The van der Waals surface area contributed by atoms with Gasteiger partial charge in [0, 0.05) is 11.2 Å². The largest absolute Gasteiger partial charge is 0.309 e. The Bertz CT molecular complexity index is 547. The second-order valence-electron chi connectivity index (χ2n) is 4.23. The van der Waals surface area contributed by atoms with E-state index in [1.807, 2.05) is 32.3 Å². The Morgan fingerprint density at radius 1 is 1.35 bits per heavy atom. The van der Waals surface area contributed by atoms with Gasteiger partial charge in [0.2, 0.25) is 0 Å². The molecule has 0 spiro atoms. The van der Waals surface area contributed by atoms with Crippen LogP contribution in [-0.2, 0) is 6.42 Å². The number of nitrogens with zero attached hydrogens (tertiary/aromatic N) is 1. The summed E-state index contributed by atoms with van der Waals surface area (Å²) in [6, 6.07) is 8.07. The Labute approximate surface area is 110 Å². The van der Waals surface area contributed by atoms with Gasteiger partial charge in [0.25, 0.3) is 5.24 Å². The number of thiophene rings is 1. The van der Waals surface area contributed by atoms with E-state index in [0.29, 0.717) is 4.88 Å². The molecule has 0 aliphatic rings. The zero-order valence-corrected chi connectivity index (χ0v) is 11.4. The van der Waals surface area contributed by atoms with Crippen LogP contribution in [0.2, 0.25) is 0 Å². The molecule has 1 heterocycles. The molecular formula is C13H14ClNOS. The van der Waals surface area contributed by atoms with Crippen molar-refractivity contribution in [1.29, 1.82) is 0 Å². The molecular weight excluding hydrogens is 254 g/mol. The van der Waals surface area contributed by atoms with Crippen LogP contribution in [0.3, 0.4) is 0 Å². The van der Waals surface area contributed by atoms with Crippen molar-refractivity contribution in [3.05, 3.63) is 34.7 Å². The molecule has 0 amide bonds. The number of carbonyl (C=O) groups excluding carboxylic acids is 1. The van der Waals surface area contributed by atoms with Crippen molar-refractivity contribution in [2.75, 3.05) is 20.6 Å². The third-order valence-corrected chi connectivity index (χ3v) is 4.20. The van der Waals surface area contributed by atoms with Crippen LogP contribution in [-0.4, -0.2) is 30.8 Å². The minimum Gasteiger partial charge on any atom is -0.309 e. The smallest absolute Gasteiger partial charge is 0.262 e. The van der Waals surface area contributed by atoms with E-state index in [-0.39, 0.29) is 5.24 Å². The molecule has 0 aliphatic heterocycles. The zero-order valence-electron chi connectivity index (χ0n) is 9.87. The summed E-state index contributed by atoms with van der Waals surface area (Å²) in [5.41, 5.74) is 1.08. The molecule has 0 saturated carbocycles. The Hall–Kier alpha value is -0.900. The van der Waals surface area contributed by atoms with Gasteiger partial charge in [0.15, 0.2) is 0 Å². The van der Waals surface area contributed by atoms with Crippen LogP contribution in [0.1, 0.15) is 15.2 Å². The van der Waals surface area contributed by atoms with Gasteiger partial charge < -0.3 is 4.90 Å². The maximum Gasteiger partial charge on any atom is 0.262 e. The van der Waals surface area contributed by atoms with Crippen molar-refractivity contribution in [2.24, 2.45) is 0 Å². The van der Waals surface area contributed by atoms with Crippen molar-refractivity contribution in [3.63, 3.8) is 0 Å². The summed E-state index contributed by atoms with van der Waals surface area (Å²) in [5, 5.41) is 0.809. The molecule has 0 N–H and O–H groups in total. The molecule has 1 aromatic carbocycles. The summed E-state index contributed by atoms with van der Waals surface area (Å²) in [6.45, 7) is 0.915. The third-order valence-electron chi connectivity index (χ3n) is 2.69. The van der Waals surface area contributed by atoms with Crippen molar-refractivity contribution in [3.8, 4) is 0 Å². The normalized spacial score (nSPS) is 11.3. The van der Waals surface area contributed by atoms with Crippen LogP contribution in [0.15, 0.2) is 24.3 Å². The number of rotatable bonds is 4. The summed E-state index contributed by atoms with van der Waals surface area (Å²) < 4.78 is 1.13. The lowest BCUT2D eigenvalue weighted by atomic mass is 10.1. The molecule has 90 valence electrons. The number of hydrogen-bond acceptors (Lipinski definition) is 3. The SMILES string of the molecule is CN(C)CCc1c(C(=O)Cl)sc2ccccc12. The van der Waals surface area contributed by atoms with Gasteiger partial charge in [-0.25, -0.2) is 0 Å². The molecule has 0 unspecified atom stereocenters. The summed E-state index contributed by atoms with van der Waals surface area (Å²) in [6.07, 6.45) is 0.852. The molecule has 17 heavy (non-hydrogen) atoms. The Balaban J connectivity index is 2.48. The minimum absolute atomic E-state index is 0.347. The zero-order chi connectivity index (χ0) is 12.4. The van der Waals surface area contributed by atoms with Gasteiger partial charge in [-0.15, -0.1) is 11.3 Å². The fourth-order valence-corrected chi connectivity index (χ4v) is 3.15. The average molecular weight is 268 g/mol. The first kappa shape index (κ1) is 12.6. The van der Waals surface area contributed by atoms with Crippen LogP contribution in [0, 0.1) is 0 Å². The molecule has 0 atom stereocenters. The van der Waals surface area contributed by atoms with Gasteiger partial charge >= 0.3 is 0 Å². The molecule has 2 nitrogen and oxygen atoms in total. The van der Waals surface area contributed by atoms with Crippen molar-refractivity contribution < 1.29 is 4.79 Å². The monoisotopic (exact) mass is 267 g/mol. The molecule has 4 heteroatoms. The quantitative estimate of drug-likeness (QED) is 0.792. The van der Waals surface area contributed by atoms with Gasteiger partial charge in [-0.05, 0) is 49.1 Å². The Kier molecular flexibility index (Phi) is 3.82. The molecule has 0 bridgehead atoms. The number of carbonyl (C=O) groups is 1. The van der Waals surface area contributed by atoms with Gasteiger partial charge in [-0.1, -0.05) is 18.2 Å². The lowest BCUT2D eigenvalue weighted by Gasteiger charge is -2.09. The van der Waals surface area contributed by atoms with Gasteiger partial charge in [0.1, 0.15) is 0 Å². The highest BCUT2D eigenvalue weighted by molar-refractivity contribution is 7.22. The highest BCUT2D eigenvalue weighted by Gasteiger charge is 2.16. The second kappa shape index (κ2) is 5.17. The van der Waals surface area contributed by atoms with Crippen molar-refractivity contribution in [1.82, 2.24) is 4.90 Å². The summed E-state index contributed by atoms with van der Waals surface area (Å²) in [7, 11) is 4.05. The summed E-state index contributed by atoms with van der Waals surface area (Å²) in [5.74, 6) is 0. The third kappa shape index (κ3) is 2.68. The maximum absolute atomic E-state index is 11.4. The minimum atomic E-state index is -0.347. The highest BCUT2D eigenvalue weighted by Crippen LogP contribution is 2.32. The first-order valence-electron chi connectivity index (χ1n) is 5.44. The molecule has 0 saturated heterocycles. The van der Waals surface area contributed by atoms with Crippen molar-refractivity contribution in [2.45, 2.75) is 6.42 Å². The van der Waals surface area contributed by atoms with E-state index >= 15 is 0 Å². The van der Waals surface area contributed by atoms with E-state index < -0.39 is 0 Å². The van der Waals surface area contributed by atoms with E-state index in [9.17, 15) is 4.79 Å². The lowest BCUT2D eigenvalue weighted by molar-refractivity contribution is 0.108. The highest BCUT2D eigenvalue weighted by atomic mass is 35.5. The van der Waals surface area contributed by atoms with Crippen LogP contribution < -0.4 is 0 Å². The lowest BCUT2D eigenvalue weighted by Crippen LogP contribution is -2.15. The predicted molar refractivity (Wildman–Crippen MR) is 74.3 cm³/mol. The molecule has 0 aliphatic carbocycles. The van der Waals surface area contributed by atoms with Gasteiger partial charge in [-0.2, -0.15) is 0 Å². The van der Waals surface area contributed by atoms with Crippen LogP contribution >= 0.6 is 22.9 Å². The van der Waals surface area contributed by atoms with Crippen molar-refractivity contribution >= 4 is 38.3 Å². The predicted octanol–water partition coefficient (Wildman–Crippen LogP) is 3.38. The number of halogens is 1. The first-order chi connectivity index (χ1) is 8.09. The Morgan fingerprint density at radius 3 is 2.71 bits per heavy atom. The first-order valence-corrected chi connectivity index (χ1v) is 6.64. The number of hydrogen-bond donors (Lipinski definition) is 0. The van der Waals surface area contributed by atoms with E-state index in [4.69, 9.17) is 11.6 Å².